The fourth-order valence-electron chi connectivity index (χ4n) is 3.29. The van der Waals surface area contributed by atoms with Crippen molar-refractivity contribution in [3.63, 3.8) is 0 Å². The number of thiophene rings is 1. The number of aryl methyl sites for hydroxylation is 2. The molecule has 0 unspecified atom stereocenters. The zero-order chi connectivity index (χ0) is 23.5. The van der Waals surface area contributed by atoms with Crippen LogP contribution in [0, 0.1) is 13.8 Å². The van der Waals surface area contributed by atoms with Gasteiger partial charge in [-0.3, -0.25) is 19.5 Å². The number of rotatable bonds is 5. The lowest BCUT2D eigenvalue weighted by molar-refractivity contribution is -0.117. The molecule has 2 heterocycles. The van der Waals surface area contributed by atoms with Crippen LogP contribution < -0.4 is 16.2 Å². The number of anilines is 1. The molecule has 9 heteroatoms. The van der Waals surface area contributed by atoms with Crippen molar-refractivity contribution in [2.45, 2.75) is 19.0 Å². The molecule has 0 saturated heterocycles. The number of carbonyl (C=O) groups excluding carboxylic acids is 2. The number of nitrogens with zero attached hydrogens (tertiary/aromatic N) is 2. The first kappa shape index (κ1) is 22.8. The molecular weight excluding hydrogens is 456 g/mol. The third kappa shape index (κ3) is 4.99. The normalized spacial score (nSPS) is 10.9. The fourth-order valence-corrected chi connectivity index (χ4v) is 5.05. The Bertz CT molecular complexity index is 1410. The van der Waals surface area contributed by atoms with Crippen molar-refractivity contribution < 1.29 is 9.59 Å². The molecule has 168 valence electrons. The highest BCUT2D eigenvalue weighted by atomic mass is 32.2. The van der Waals surface area contributed by atoms with E-state index in [1.165, 1.54) is 15.9 Å². The summed E-state index contributed by atoms with van der Waals surface area (Å²) >= 11 is 2.50. The van der Waals surface area contributed by atoms with E-state index < -0.39 is 11.9 Å². The van der Waals surface area contributed by atoms with Gasteiger partial charge in [-0.2, -0.15) is 0 Å². The molecule has 33 heavy (non-hydrogen) atoms. The summed E-state index contributed by atoms with van der Waals surface area (Å²) in [5.41, 5.74) is 4.40. The molecule has 4 rings (SSSR count). The molecule has 2 aromatic heterocycles. The maximum absolute atomic E-state index is 13.0. The van der Waals surface area contributed by atoms with Gasteiger partial charge < -0.3 is 5.32 Å². The van der Waals surface area contributed by atoms with E-state index in [0.717, 1.165) is 34.0 Å². The highest BCUT2D eigenvalue weighted by Gasteiger charge is 2.17. The number of nitrogens with one attached hydrogen (secondary N) is 2. The largest absolute Gasteiger partial charge is 0.325 e. The van der Waals surface area contributed by atoms with Gasteiger partial charge in [0.15, 0.2) is 5.16 Å². The zero-order valence-corrected chi connectivity index (χ0v) is 20.0. The van der Waals surface area contributed by atoms with Crippen molar-refractivity contribution in [1.82, 2.24) is 14.9 Å². The van der Waals surface area contributed by atoms with Gasteiger partial charge in [-0.25, -0.2) is 9.78 Å². The average molecular weight is 479 g/mol. The van der Waals surface area contributed by atoms with Crippen LogP contribution in [-0.4, -0.2) is 27.2 Å². The standard InChI is InChI=1S/C24H22N4O3S2/c1-14-9-10-17(11-15(14)2)25-23(31)26-19(29)13-33-24-27-21-20(22(30)28(24)3)18(12-32-21)16-7-5-4-6-8-16/h4-12H,13H2,1-3H3,(H2,25,26,29,31). The first-order chi connectivity index (χ1) is 15.8. The second-order valence-corrected chi connectivity index (χ2v) is 9.34. The lowest BCUT2D eigenvalue weighted by Crippen LogP contribution is -2.35. The van der Waals surface area contributed by atoms with Gasteiger partial charge in [0.2, 0.25) is 5.91 Å². The summed E-state index contributed by atoms with van der Waals surface area (Å²) in [6.07, 6.45) is 0. The maximum atomic E-state index is 13.0. The molecule has 7 nitrogen and oxygen atoms in total. The van der Waals surface area contributed by atoms with Crippen molar-refractivity contribution in [3.05, 3.63) is 75.4 Å². The molecule has 0 aliphatic rings. The Morgan fingerprint density at radius 2 is 1.85 bits per heavy atom. The van der Waals surface area contributed by atoms with Gasteiger partial charge >= 0.3 is 6.03 Å². The van der Waals surface area contributed by atoms with Gasteiger partial charge in [0.25, 0.3) is 5.56 Å². The lowest BCUT2D eigenvalue weighted by atomic mass is 10.1. The molecule has 2 N–H and O–H groups in total. The number of aromatic nitrogens is 2. The second-order valence-electron chi connectivity index (χ2n) is 7.54. The molecule has 0 atom stereocenters. The third-order valence-electron chi connectivity index (χ3n) is 5.21. The minimum atomic E-state index is -0.605. The van der Waals surface area contributed by atoms with Crippen molar-refractivity contribution in [1.29, 1.82) is 0 Å². The summed E-state index contributed by atoms with van der Waals surface area (Å²) in [5, 5.41) is 7.86. The summed E-state index contributed by atoms with van der Waals surface area (Å²) in [5.74, 6) is -0.532. The number of benzene rings is 2. The lowest BCUT2D eigenvalue weighted by Gasteiger charge is -2.10. The van der Waals surface area contributed by atoms with Crippen molar-refractivity contribution in [2.75, 3.05) is 11.1 Å². The Balaban J connectivity index is 1.44. The molecule has 2 aromatic carbocycles. The highest BCUT2D eigenvalue weighted by molar-refractivity contribution is 7.99. The van der Waals surface area contributed by atoms with Crippen LogP contribution in [0.15, 0.2) is 63.9 Å². The van der Waals surface area contributed by atoms with Crippen molar-refractivity contribution in [3.8, 4) is 11.1 Å². The van der Waals surface area contributed by atoms with Crippen LogP contribution in [0.3, 0.4) is 0 Å². The van der Waals surface area contributed by atoms with Crippen LogP contribution in [0.2, 0.25) is 0 Å². The highest BCUT2D eigenvalue weighted by Crippen LogP contribution is 2.31. The van der Waals surface area contributed by atoms with E-state index in [4.69, 9.17) is 0 Å². The van der Waals surface area contributed by atoms with E-state index in [0.29, 0.717) is 21.1 Å². The smallest absolute Gasteiger partial charge is 0.308 e. The Kier molecular flexibility index (Phi) is 6.62. The molecular formula is C24H22N4O3S2. The van der Waals surface area contributed by atoms with Gasteiger partial charge in [-0.1, -0.05) is 48.2 Å². The molecule has 0 spiro atoms. The van der Waals surface area contributed by atoms with E-state index in [1.807, 2.05) is 61.7 Å². The predicted octanol–water partition coefficient (Wildman–Crippen LogP) is 4.72. The van der Waals surface area contributed by atoms with Crippen LogP contribution >= 0.6 is 23.1 Å². The second kappa shape index (κ2) is 9.60. The number of carbonyl (C=O) groups is 2. The summed E-state index contributed by atoms with van der Waals surface area (Å²) < 4.78 is 1.44. The average Bonchev–Trinajstić information content (AvgIpc) is 3.22. The summed E-state index contributed by atoms with van der Waals surface area (Å²) in [6, 6.07) is 14.6. The monoisotopic (exact) mass is 478 g/mol. The molecule has 3 amide bonds. The van der Waals surface area contributed by atoms with Gasteiger partial charge in [-0.05, 0) is 42.7 Å². The molecule has 0 saturated carbocycles. The van der Waals surface area contributed by atoms with Crippen LogP contribution in [0.25, 0.3) is 21.3 Å². The number of imide groups is 1. The SMILES string of the molecule is Cc1ccc(NC(=O)NC(=O)CSc2nc3scc(-c4ccccc4)c3c(=O)n2C)cc1C. The van der Waals surface area contributed by atoms with Crippen LogP contribution in [0.4, 0.5) is 10.5 Å². The summed E-state index contributed by atoms with van der Waals surface area (Å²) in [7, 11) is 1.63. The van der Waals surface area contributed by atoms with Gasteiger partial charge in [0, 0.05) is 23.7 Å². The van der Waals surface area contributed by atoms with Crippen molar-refractivity contribution in [2.24, 2.45) is 7.05 Å². The minimum absolute atomic E-state index is 0.0525. The van der Waals surface area contributed by atoms with Gasteiger partial charge in [0.05, 0.1) is 11.1 Å². The van der Waals surface area contributed by atoms with E-state index in [-0.39, 0.29) is 11.3 Å². The van der Waals surface area contributed by atoms with E-state index in [2.05, 4.69) is 15.6 Å². The molecule has 0 fully saturated rings. The Morgan fingerprint density at radius 3 is 2.58 bits per heavy atom. The Morgan fingerprint density at radius 1 is 1.09 bits per heavy atom. The number of urea groups is 1. The van der Waals surface area contributed by atoms with Crippen LogP contribution in [0.1, 0.15) is 11.1 Å². The van der Waals surface area contributed by atoms with E-state index in [9.17, 15) is 14.4 Å². The van der Waals surface area contributed by atoms with Gasteiger partial charge in [-0.15, -0.1) is 11.3 Å². The number of hydrogen-bond acceptors (Lipinski definition) is 6. The number of amides is 3. The van der Waals surface area contributed by atoms with E-state index in [1.54, 1.807) is 13.1 Å². The van der Waals surface area contributed by atoms with Crippen LogP contribution in [-0.2, 0) is 11.8 Å². The maximum Gasteiger partial charge on any atom is 0.325 e. The molecule has 0 aliphatic heterocycles. The Labute approximate surface area is 198 Å². The molecule has 0 radical (unpaired) electrons. The number of hydrogen-bond donors (Lipinski definition) is 2. The number of thioether (sulfide) groups is 1. The first-order valence-corrected chi connectivity index (χ1v) is 12.0. The van der Waals surface area contributed by atoms with Crippen LogP contribution in [0.5, 0.6) is 0 Å². The third-order valence-corrected chi connectivity index (χ3v) is 7.11. The zero-order valence-electron chi connectivity index (χ0n) is 18.3. The predicted molar refractivity (Wildman–Crippen MR) is 134 cm³/mol. The summed E-state index contributed by atoms with van der Waals surface area (Å²) in [4.78, 5) is 42.7. The quantitative estimate of drug-likeness (QED) is 0.320. The van der Waals surface area contributed by atoms with Gasteiger partial charge in [0.1, 0.15) is 4.83 Å². The molecule has 0 aliphatic carbocycles. The fraction of sp³-hybridized carbons (Fsp3) is 0.167. The molecule has 0 bridgehead atoms. The summed E-state index contributed by atoms with van der Waals surface area (Å²) in [6.45, 7) is 3.93. The van der Waals surface area contributed by atoms with E-state index >= 15 is 0 Å². The topological polar surface area (TPSA) is 93.1 Å². The first-order valence-electron chi connectivity index (χ1n) is 10.2. The number of fused-ring (bicyclic) bond motifs is 1. The molecule has 4 aromatic rings. The minimum Gasteiger partial charge on any atom is -0.308 e. The van der Waals surface area contributed by atoms with Crippen molar-refractivity contribution >= 4 is 50.9 Å². The Hall–Kier alpha value is -3.43.